The zero-order valence-corrected chi connectivity index (χ0v) is 10.6. The molecule has 1 aromatic carbocycles. The fourth-order valence-electron chi connectivity index (χ4n) is 2.07. The summed E-state index contributed by atoms with van der Waals surface area (Å²) in [4.78, 5) is 1.31. The molecule has 0 spiro atoms. The van der Waals surface area contributed by atoms with Crippen LogP contribution in [0.4, 0.5) is 4.39 Å². The monoisotopic (exact) mass is 265 g/mol. The first-order chi connectivity index (χ1) is 9.11. The maximum absolute atomic E-state index is 13.9. The van der Waals surface area contributed by atoms with Crippen molar-refractivity contribution in [1.82, 2.24) is 20.2 Å². The first-order valence-corrected chi connectivity index (χ1v) is 5.90. The van der Waals surface area contributed by atoms with E-state index in [1.54, 1.807) is 25.2 Å². The molecule has 1 aromatic heterocycles. The van der Waals surface area contributed by atoms with Gasteiger partial charge in [-0.25, -0.2) is 4.39 Å². The third kappa shape index (κ3) is 2.61. The summed E-state index contributed by atoms with van der Waals surface area (Å²) in [6, 6.07) is 6.27. The number of nitrogens with two attached hydrogens (primary N) is 1. The highest BCUT2D eigenvalue weighted by atomic mass is 19.1. The number of benzene rings is 1. The zero-order chi connectivity index (χ0) is 13.9. The van der Waals surface area contributed by atoms with Crippen molar-refractivity contribution < 1.29 is 9.50 Å². The number of aliphatic hydroxyl groups is 1. The molecule has 0 bridgehead atoms. The average Bonchev–Trinajstić information content (AvgIpc) is 2.82. The standard InChI is InChI=1S/C12H16FN5O/c1-18-16-11(15-17-18)6-12(7-14,8-19)9-4-2-3-5-10(9)13/h2-5,19H,6-8,14H2,1H3. The number of hydrogen-bond acceptors (Lipinski definition) is 5. The van der Waals surface area contributed by atoms with Crippen LogP contribution in [0.25, 0.3) is 0 Å². The molecular weight excluding hydrogens is 249 g/mol. The Balaban J connectivity index is 2.40. The summed E-state index contributed by atoms with van der Waals surface area (Å²) < 4.78 is 13.9. The van der Waals surface area contributed by atoms with E-state index in [2.05, 4.69) is 15.4 Å². The van der Waals surface area contributed by atoms with Crippen molar-refractivity contribution in [3.63, 3.8) is 0 Å². The Morgan fingerprint density at radius 1 is 1.42 bits per heavy atom. The van der Waals surface area contributed by atoms with Crippen LogP contribution < -0.4 is 5.73 Å². The molecule has 3 N–H and O–H groups in total. The van der Waals surface area contributed by atoms with Gasteiger partial charge in [0, 0.05) is 18.4 Å². The lowest BCUT2D eigenvalue weighted by Gasteiger charge is -2.30. The van der Waals surface area contributed by atoms with Gasteiger partial charge in [-0.1, -0.05) is 18.2 Å². The molecule has 0 saturated carbocycles. The molecule has 6 nitrogen and oxygen atoms in total. The number of aliphatic hydroxyl groups excluding tert-OH is 1. The summed E-state index contributed by atoms with van der Waals surface area (Å²) in [5, 5.41) is 21.3. The number of hydrogen-bond donors (Lipinski definition) is 2. The van der Waals surface area contributed by atoms with Crippen molar-refractivity contribution in [3.8, 4) is 0 Å². The van der Waals surface area contributed by atoms with E-state index in [0.29, 0.717) is 11.4 Å². The lowest BCUT2D eigenvalue weighted by Crippen LogP contribution is -2.42. The maximum Gasteiger partial charge on any atom is 0.175 e. The van der Waals surface area contributed by atoms with E-state index in [9.17, 15) is 9.50 Å². The molecule has 0 radical (unpaired) electrons. The van der Waals surface area contributed by atoms with Gasteiger partial charge < -0.3 is 10.8 Å². The van der Waals surface area contributed by atoms with E-state index < -0.39 is 11.2 Å². The van der Waals surface area contributed by atoms with Gasteiger partial charge in [0.1, 0.15) is 5.82 Å². The minimum atomic E-state index is -0.936. The van der Waals surface area contributed by atoms with Crippen LogP contribution in [0.1, 0.15) is 11.4 Å². The van der Waals surface area contributed by atoms with E-state index in [-0.39, 0.29) is 19.6 Å². The van der Waals surface area contributed by atoms with E-state index in [1.807, 2.05) is 0 Å². The Labute approximate surface area is 110 Å². The fraction of sp³-hybridized carbons (Fsp3) is 0.417. The predicted molar refractivity (Wildman–Crippen MR) is 66.7 cm³/mol. The van der Waals surface area contributed by atoms with E-state index in [0.717, 1.165) is 0 Å². The van der Waals surface area contributed by atoms with Gasteiger partial charge in [-0.3, -0.25) is 0 Å². The normalized spacial score (nSPS) is 14.3. The molecule has 0 amide bonds. The molecule has 1 unspecified atom stereocenters. The molecule has 19 heavy (non-hydrogen) atoms. The highest BCUT2D eigenvalue weighted by Gasteiger charge is 2.34. The first-order valence-electron chi connectivity index (χ1n) is 5.90. The van der Waals surface area contributed by atoms with Gasteiger partial charge in [0.2, 0.25) is 0 Å². The summed E-state index contributed by atoms with van der Waals surface area (Å²) in [5.41, 5.74) is 5.20. The summed E-state index contributed by atoms with van der Waals surface area (Å²) in [5.74, 6) is 0.0242. The van der Waals surface area contributed by atoms with Crippen LogP contribution >= 0.6 is 0 Å². The molecule has 7 heteroatoms. The Hall–Kier alpha value is -1.86. The van der Waals surface area contributed by atoms with E-state index in [4.69, 9.17) is 5.73 Å². The third-order valence-electron chi connectivity index (χ3n) is 3.18. The van der Waals surface area contributed by atoms with Crippen molar-refractivity contribution in [2.45, 2.75) is 11.8 Å². The molecule has 1 atom stereocenters. The second kappa shape index (κ2) is 5.41. The lowest BCUT2D eigenvalue weighted by molar-refractivity contribution is 0.190. The number of tetrazole rings is 1. The minimum absolute atomic E-state index is 0.0860. The van der Waals surface area contributed by atoms with Crippen molar-refractivity contribution in [2.24, 2.45) is 12.8 Å². The molecule has 0 aliphatic carbocycles. The van der Waals surface area contributed by atoms with Crippen molar-refractivity contribution >= 4 is 0 Å². The average molecular weight is 265 g/mol. The largest absolute Gasteiger partial charge is 0.395 e. The number of halogens is 1. The van der Waals surface area contributed by atoms with Crippen molar-refractivity contribution in [3.05, 3.63) is 41.5 Å². The van der Waals surface area contributed by atoms with Crippen LogP contribution in [0.5, 0.6) is 0 Å². The van der Waals surface area contributed by atoms with E-state index in [1.165, 1.54) is 10.9 Å². The quantitative estimate of drug-likeness (QED) is 0.780. The molecule has 2 aromatic rings. The Morgan fingerprint density at radius 2 is 2.16 bits per heavy atom. The molecule has 0 aliphatic heterocycles. The van der Waals surface area contributed by atoms with Gasteiger partial charge in [0.05, 0.1) is 13.7 Å². The third-order valence-corrected chi connectivity index (χ3v) is 3.18. The predicted octanol–water partition coefficient (Wildman–Crippen LogP) is -0.219. The lowest BCUT2D eigenvalue weighted by atomic mass is 9.78. The second-order valence-corrected chi connectivity index (χ2v) is 4.49. The van der Waals surface area contributed by atoms with Crippen LogP contribution in [-0.4, -0.2) is 38.5 Å². The smallest absolute Gasteiger partial charge is 0.175 e. The topological polar surface area (TPSA) is 89.9 Å². The van der Waals surface area contributed by atoms with Gasteiger partial charge in [-0.2, -0.15) is 4.80 Å². The Bertz CT molecular complexity index is 553. The fourth-order valence-corrected chi connectivity index (χ4v) is 2.07. The number of aromatic nitrogens is 4. The molecule has 0 saturated heterocycles. The van der Waals surface area contributed by atoms with Crippen molar-refractivity contribution in [1.29, 1.82) is 0 Å². The van der Waals surface area contributed by atoms with Crippen LogP contribution in [0, 0.1) is 5.82 Å². The van der Waals surface area contributed by atoms with Crippen LogP contribution in [0.3, 0.4) is 0 Å². The maximum atomic E-state index is 13.9. The summed E-state index contributed by atoms with van der Waals surface area (Å²) in [7, 11) is 1.64. The van der Waals surface area contributed by atoms with Gasteiger partial charge in [-0.05, 0) is 16.8 Å². The zero-order valence-electron chi connectivity index (χ0n) is 10.6. The number of rotatable bonds is 5. The highest BCUT2D eigenvalue weighted by molar-refractivity contribution is 5.29. The first kappa shape index (κ1) is 13.6. The van der Waals surface area contributed by atoms with Crippen LogP contribution in [0.15, 0.2) is 24.3 Å². The second-order valence-electron chi connectivity index (χ2n) is 4.49. The number of nitrogens with zero attached hydrogens (tertiary/aromatic N) is 4. The Morgan fingerprint density at radius 3 is 2.68 bits per heavy atom. The minimum Gasteiger partial charge on any atom is -0.395 e. The SMILES string of the molecule is Cn1nnc(CC(CN)(CO)c2ccccc2F)n1. The number of aryl methyl sites for hydroxylation is 1. The van der Waals surface area contributed by atoms with Gasteiger partial charge in [0.15, 0.2) is 5.82 Å². The molecule has 102 valence electrons. The molecule has 2 rings (SSSR count). The summed E-state index contributed by atoms with van der Waals surface area (Å²) >= 11 is 0. The van der Waals surface area contributed by atoms with Gasteiger partial charge in [-0.15, -0.1) is 10.2 Å². The van der Waals surface area contributed by atoms with Crippen LogP contribution in [-0.2, 0) is 18.9 Å². The summed E-state index contributed by atoms with van der Waals surface area (Å²) in [6.45, 7) is -0.203. The van der Waals surface area contributed by atoms with Gasteiger partial charge in [0.25, 0.3) is 0 Å². The molecule has 1 heterocycles. The van der Waals surface area contributed by atoms with E-state index >= 15 is 0 Å². The Kier molecular flexibility index (Phi) is 3.87. The van der Waals surface area contributed by atoms with Crippen LogP contribution in [0.2, 0.25) is 0 Å². The molecule has 0 aliphatic rings. The summed E-state index contributed by atoms with van der Waals surface area (Å²) in [6.07, 6.45) is 0.231. The highest BCUT2D eigenvalue weighted by Crippen LogP contribution is 2.28. The molecular formula is C12H16FN5O. The molecule has 0 fully saturated rings. The van der Waals surface area contributed by atoms with Gasteiger partial charge >= 0.3 is 0 Å². The van der Waals surface area contributed by atoms with Crippen molar-refractivity contribution in [2.75, 3.05) is 13.2 Å².